The van der Waals surface area contributed by atoms with E-state index in [2.05, 4.69) is 9.88 Å². The van der Waals surface area contributed by atoms with Gasteiger partial charge >= 0.3 is 0 Å². The molecule has 0 radical (unpaired) electrons. The number of rotatable bonds is 5. The van der Waals surface area contributed by atoms with E-state index in [1.165, 1.54) is 12.1 Å². The molecule has 0 unspecified atom stereocenters. The highest BCUT2D eigenvalue weighted by Crippen LogP contribution is 2.32. The summed E-state index contributed by atoms with van der Waals surface area (Å²) in [6, 6.07) is 14.4. The molecule has 1 heterocycles. The number of ether oxygens (including phenoxy) is 1. The average molecular weight is 349 g/mol. The molecule has 0 saturated carbocycles. The lowest BCUT2D eigenvalue weighted by atomic mass is 10.1. The summed E-state index contributed by atoms with van der Waals surface area (Å²) in [6.07, 6.45) is 0.938. The highest BCUT2D eigenvalue weighted by Gasteiger charge is 2.11. The fourth-order valence-electron chi connectivity index (χ4n) is 3.13. The number of hydrogen-bond acceptors (Lipinski definition) is 4. The molecule has 132 valence electrons. The first-order valence-electron chi connectivity index (χ1n) is 8.68. The average Bonchev–Trinajstić information content (AvgIpc) is 2.63. The first-order chi connectivity index (χ1) is 12.6. The lowest BCUT2D eigenvalue weighted by Gasteiger charge is -2.13. The van der Waals surface area contributed by atoms with Gasteiger partial charge in [-0.1, -0.05) is 24.3 Å². The van der Waals surface area contributed by atoms with Gasteiger partial charge in [-0.05, 0) is 32.6 Å². The normalized spacial score (nSPS) is 11.7. The first-order valence-corrected chi connectivity index (χ1v) is 8.68. The van der Waals surface area contributed by atoms with Gasteiger partial charge < -0.3 is 9.64 Å². The third-order valence-electron chi connectivity index (χ3n) is 4.38. The van der Waals surface area contributed by atoms with Crippen LogP contribution in [0.1, 0.15) is 6.42 Å². The van der Waals surface area contributed by atoms with Crippen molar-refractivity contribution in [3.63, 3.8) is 0 Å². The van der Waals surface area contributed by atoms with Gasteiger partial charge in [-0.2, -0.15) is 0 Å². The summed E-state index contributed by atoms with van der Waals surface area (Å²) >= 11 is 0. The third kappa shape index (κ3) is 3.18. The van der Waals surface area contributed by atoms with Crippen molar-refractivity contribution in [1.29, 1.82) is 0 Å². The fraction of sp³-hybridized carbons (Fsp3) is 0.238. The Hall–Kier alpha value is -2.79. The molecule has 3 aromatic carbocycles. The molecular weight excluding hydrogens is 329 g/mol. The molecule has 4 nitrogen and oxygen atoms in total. The van der Waals surface area contributed by atoms with Crippen LogP contribution in [-0.2, 0) is 0 Å². The van der Waals surface area contributed by atoms with Gasteiger partial charge in [0.1, 0.15) is 11.6 Å². The molecule has 26 heavy (non-hydrogen) atoms. The van der Waals surface area contributed by atoms with Gasteiger partial charge in [-0.25, -0.2) is 14.4 Å². The van der Waals surface area contributed by atoms with Crippen molar-refractivity contribution in [1.82, 2.24) is 14.9 Å². The predicted octanol–water partition coefficient (Wildman–Crippen LogP) is 4.41. The Morgan fingerprint density at radius 1 is 0.923 bits per heavy atom. The van der Waals surface area contributed by atoms with E-state index in [1.54, 1.807) is 6.07 Å². The maximum atomic E-state index is 13.5. The van der Waals surface area contributed by atoms with Crippen molar-refractivity contribution in [2.75, 3.05) is 27.2 Å². The summed E-state index contributed by atoms with van der Waals surface area (Å²) in [4.78, 5) is 11.5. The van der Waals surface area contributed by atoms with Crippen LogP contribution in [0.5, 0.6) is 5.75 Å². The molecule has 5 heteroatoms. The Morgan fingerprint density at radius 2 is 1.73 bits per heavy atom. The van der Waals surface area contributed by atoms with E-state index in [-0.39, 0.29) is 5.82 Å². The van der Waals surface area contributed by atoms with Crippen molar-refractivity contribution in [2.45, 2.75) is 6.42 Å². The highest BCUT2D eigenvalue weighted by molar-refractivity contribution is 6.08. The number of nitrogens with zero attached hydrogens (tertiary/aromatic N) is 3. The Bertz CT molecular complexity index is 1090. The second-order valence-corrected chi connectivity index (χ2v) is 6.65. The van der Waals surface area contributed by atoms with Crippen LogP contribution in [0.4, 0.5) is 4.39 Å². The molecule has 0 aliphatic rings. The lowest BCUT2D eigenvalue weighted by Crippen LogP contribution is -2.15. The van der Waals surface area contributed by atoms with E-state index < -0.39 is 0 Å². The first kappa shape index (κ1) is 16.7. The summed E-state index contributed by atoms with van der Waals surface area (Å²) in [7, 11) is 4.09. The summed E-state index contributed by atoms with van der Waals surface area (Å²) in [6.45, 7) is 1.60. The quantitative estimate of drug-likeness (QED) is 0.304. The van der Waals surface area contributed by atoms with E-state index in [1.807, 2.05) is 44.4 Å². The van der Waals surface area contributed by atoms with E-state index in [4.69, 9.17) is 9.72 Å². The predicted molar refractivity (Wildman–Crippen MR) is 103 cm³/mol. The van der Waals surface area contributed by atoms with Gasteiger partial charge in [-0.3, -0.25) is 0 Å². The van der Waals surface area contributed by atoms with Gasteiger partial charge in [0.15, 0.2) is 0 Å². The van der Waals surface area contributed by atoms with Gasteiger partial charge in [0.2, 0.25) is 0 Å². The van der Waals surface area contributed by atoms with E-state index in [0.29, 0.717) is 23.2 Å². The van der Waals surface area contributed by atoms with Crippen molar-refractivity contribution in [3.05, 3.63) is 54.3 Å². The van der Waals surface area contributed by atoms with Crippen LogP contribution in [-0.4, -0.2) is 42.1 Å². The molecule has 4 aromatic rings. The van der Waals surface area contributed by atoms with E-state index in [9.17, 15) is 4.39 Å². The zero-order valence-electron chi connectivity index (χ0n) is 14.9. The number of hydrogen-bond donors (Lipinski definition) is 0. The zero-order chi connectivity index (χ0) is 18.1. The Morgan fingerprint density at radius 3 is 2.54 bits per heavy atom. The van der Waals surface area contributed by atoms with Gasteiger partial charge in [-0.15, -0.1) is 0 Å². The van der Waals surface area contributed by atoms with Crippen LogP contribution in [0, 0.1) is 5.82 Å². The van der Waals surface area contributed by atoms with Crippen LogP contribution in [0.3, 0.4) is 0 Å². The van der Waals surface area contributed by atoms with Gasteiger partial charge in [0.25, 0.3) is 0 Å². The molecular formula is C21H20FN3O. The van der Waals surface area contributed by atoms with Crippen LogP contribution in [0.15, 0.2) is 48.5 Å². The second kappa shape index (κ2) is 6.84. The monoisotopic (exact) mass is 349 g/mol. The summed E-state index contributed by atoms with van der Waals surface area (Å²) in [5.41, 5.74) is 2.75. The van der Waals surface area contributed by atoms with Crippen molar-refractivity contribution in [2.24, 2.45) is 0 Å². The Kier molecular flexibility index (Phi) is 4.39. The smallest absolute Gasteiger partial charge is 0.129 e. The standard InChI is InChI=1S/C21H20FN3O/c1-25(2)10-5-11-26-20-13-19-21(16-7-4-3-6-15(16)20)24-17-9-8-14(22)12-18(17)23-19/h3-4,6-9,12-13H,5,10-11H2,1-2H3. The van der Waals surface area contributed by atoms with E-state index >= 15 is 0 Å². The number of fused-ring (bicyclic) bond motifs is 4. The van der Waals surface area contributed by atoms with Crippen LogP contribution >= 0.6 is 0 Å². The third-order valence-corrected chi connectivity index (χ3v) is 4.38. The SMILES string of the molecule is CN(C)CCCOc1cc2nc3cc(F)ccc3nc2c2ccccc12. The molecule has 0 fully saturated rings. The topological polar surface area (TPSA) is 38.2 Å². The largest absolute Gasteiger partial charge is 0.493 e. The van der Waals surface area contributed by atoms with Crippen LogP contribution in [0.2, 0.25) is 0 Å². The Labute approximate surface area is 151 Å². The van der Waals surface area contributed by atoms with E-state index in [0.717, 1.165) is 35.0 Å². The number of halogens is 1. The second-order valence-electron chi connectivity index (χ2n) is 6.65. The molecule has 1 aromatic heterocycles. The lowest BCUT2D eigenvalue weighted by molar-refractivity contribution is 0.284. The molecule has 0 bridgehead atoms. The molecule has 0 atom stereocenters. The maximum absolute atomic E-state index is 13.5. The van der Waals surface area contributed by atoms with Crippen molar-refractivity contribution < 1.29 is 9.13 Å². The fourth-order valence-corrected chi connectivity index (χ4v) is 3.13. The van der Waals surface area contributed by atoms with Crippen LogP contribution < -0.4 is 4.74 Å². The molecule has 0 spiro atoms. The number of benzene rings is 3. The molecule has 0 aliphatic carbocycles. The van der Waals surface area contributed by atoms with Crippen molar-refractivity contribution >= 4 is 32.8 Å². The molecule has 0 aliphatic heterocycles. The maximum Gasteiger partial charge on any atom is 0.129 e. The van der Waals surface area contributed by atoms with Gasteiger partial charge in [0.05, 0.1) is 28.7 Å². The summed E-state index contributed by atoms with van der Waals surface area (Å²) < 4.78 is 19.6. The number of aromatic nitrogens is 2. The minimum atomic E-state index is -0.313. The van der Waals surface area contributed by atoms with Gasteiger partial charge in [0, 0.05) is 29.4 Å². The summed E-state index contributed by atoms with van der Waals surface area (Å²) in [5, 5.41) is 2.01. The summed E-state index contributed by atoms with van der Waals surface area (Å²) in [5.74, 6) is 0.476. The Balaban J connectivity index is 1.83. The van der Waals surface area contributed by atoms with Crippen molar-refractivity contribution in [3.8, 4) is 5.75 Å². The molecule has 0 amide bonds. The molecule has 0 saturated heterocycles. The van der Waals surface area contributed by atoms with Crippen LogP contribution in [0.25, 0.3) is 32.8 Å². The zero-order valence-corrected chi connectivity index (χ0v) is 14.9. The molecule has 4 rings (SSSR count). The molecule has 0 N–H and O–H groups in total. The minimum Gasteiger partial charge on any atom is -0.493 e. The minimum absolute atomic E-state index is 0.313. The highest BCUT2D eigenvalue weighted by atomic mass is 19.1.